The van der Waals surface area contributed by atoms with Crippen molar-refractivity contribution in [3.63, 3.8) is 0 Å². The maximum absolute atomic E-state index is 12.6. The molecule has 134 valence electrons. The monoisotopic (exact) mass is 366 g/mol. The van der Waals surface area contributed by atoms with Gasteiger partial charge in [0.2, 0.25) is 0 Å². The highest BCUT2D eigenvalue weighted by Gasteiger charge is 2.28. The SMILES string of the molecule is CCSc1ccccc1C(=O)N=C1C=CC2C(=C1)NC(=O)C(CC)=C2C. The lowest BCUT2D eigenvalue weighted by atomic mass is 9.84. The third-order valence-corrected chi connectivity index (χ3v) is 5.53. The van der Waals surface area contributed by atoms with Crippen LogP contribution in [0.4, 0.5) is 0 Å². The molecule has 1 N–H and O–H groups in total. The first kappa shape index (κ1) is 18.4. The van der Waals surface area contributed by atoms with Gasteiger partial charge >= 0.3 is 0 Å². The van der Waals surface area contributed by atoms with Gasteiger partial charge in [0.15, 0.2) is 0 Å². The normalized spacial score (nSPS) is 20.7. The van der Waals surface area contributed by atoms with E-state index in [0.717, 1.165) is 27.5 Å². The molecule has 1 aliphatic heterocycles. The van der Waals surface area contributed by atoms with Crippen LogP contribution in [-0.4, -0.2) is 23.3 Å². The molecule has 0 saturated carbocycles. The zero-order valence-electron chi connectivity index (χ0n) is 15.2. The summed E-state index contributed by atoms with van der Waals surface area (Å²) in [6.45, 7) is 6.03. The number of nitrogens with zero attached hydrogens (tertiary/aromatic N) is 1. The first-order chi connectivity index (χ1) is 12.5. The first-order valence-corrected chi connectivity index (χ1v) is 9.79. The average molecular weight is 366 g/mol. The van der Waals surface area contributed by atoms with Crippen LogP contribution in [0.1, 0.15) is 37.6 Å². The second-order valence-corrected chi connectivity index (χ2v) is 7.48. The van der Waals surface area contributed by atoms with E-state index in [-0.39, 0.29) is 17.7 Å². The van der Waals surface area contributed by atoms with E-state index in [0.29, 0.717) is 17.7 Å². The summed E-state index contributed by atoms with van der Waals surface area (Å²) in [5, 5.41) is 2.94. The lowest BCUT2D eigenvalue weighted by molar-refractivity contribution is -0.117. The molecule has 1 aromatic rings. The molecule has 4 nitrogen and oxygen atoms in total. The highest BCUT2D eigenvalue weighted by atomic mass is 32.2. The van der Waals surface area contributed by atoms with E-state index in [1.54, 1.807) is 23.9 Å². The third-order valence-electron chi connectivity index (χ3n) is 4.57. The van der Waals surface area contributed by atoms with E-state index in [9.17, 15) is 9.59 Å². The van der Waals surface area contributed by atoms with Gasteiger partial charge in [0.1, 0.15) is 0 Å². The summed E-state index contributed by atoms with van der Waals surface area (Å²) in [4.78, 5) is 30.0. The molecular weight excluding hydrogens is 344 g/mol. The molecule has 1 atom stereocenters. The molecule has 1 aromatic carbocycles. The van der Waals surface area contributed by atoms with E-state index < -0.39 is 0 Å². The maximum Gasteiger partial charge on any atom is 0.278 e. The topological polar surface area (TPSA) is 58.5 Å². The predicted molar refractivity (Wildman–Crippen MR) is 106 cm³/mol. The van der Waals surface area contributed by atoms with Crippen molar-refractivity contribution in [3.8, 4) is 0 Å². The van der Waals surface area contributed by atoms with Crippen molar-refractivity contribution in [1.29, 1.82) is 0 Å². The Bertz CT molecular complexity index is 878. The maximum atomic E-state index is 12.6. The Morgan fingerprint density at radius 2 is 2.04 bits per heavy atom. The molecule has 0 aromatic heterocycles. The molecule has 0 bridgehead atoms. The van der Waals surface area contributed by atoms with Crippen LogP contribution in [0.15, 0.2) is 69.2 Å². The summed E-state index contributed by atoms with van der Waals surface area (Å²) in [5.74, 6) is 0.627. The van der Waals surface area contributed by atoms with E-state index in [1.165, 1.54) is 0 Å². The fraction of sp³-hybridized carbons (Fsp3) is 0.286. The number of carbonyl (C=O) groups excluding carboxylic acids is 2. The number of allylic oxidation sites excluding steroid dienone is 3. The average Bonchev–Trinajstić information content (AvgIpc) is 2.62. The van der Waals surface area contributed by atoms with Gasteiger partial charge in [-0.1, -0.05) is 37.6 Å². The summed E-state index contributed by atoms with van der Waals surface area (Å²) < 4.78 is 0. The number of hydrogen-bond acceptors (Lipinski definition) is 3. The van der Waals surface area contributed by atoms with Crippen molar-refractivity contribution >= 4 is 29.3 Å². The van der Waals surface area contributed by atoms with Crippen LogP contribution in [0.25, 0.3) is 0 Å². The molecule has 0 spiro atoms. The van der Waals surface area contributed by atoms with Crippen LogP contribution in [0.5, 0.6) is 0 Å². The Morgan fingerprint density at radius 1 is 1.27 bits per heavy atom. The minimum Gasteiger partial charge on any atom is -0.325 e. The van der Waals surface area contributed by atoms with Crippen molar-refractivity contribution in [2.75, 3.05) is 5.75 Å². The van der Waals surface area contributed by atoms with Gasteiger partial charge in [0, 0.05) is 22.1 Å². The summed E-state index contributed by atoms with van der Waals surface area (Å²) >= 11 is 1.63. The minimum atomic E-state index is -0.264. The van der Waals surface area contributed by atoms with Crippen LogP contribution < -0.4 is 5.32 Å². The molecular formula is C21H22N2O2S. The standard InChI is InChI=1S/C21H22N2O2S/c1-4-15-13(3)16-11-10-14(12-18(16)23-20(15)24)22-21(25)17-8-6-7-9-19(17)26-5-2/h6-12,16H,4-5H2,1-3H3,(H,23,24). The molecule has 3 rings (SSSR count). The van der Waals surface area contributed by atoms with Crippen LogP contribution in [0, 0.1) is 5.92 Å². The lowest BCUT2D eigenvalue weighted by Gasteiger charge is -2.29. The highest BCUT2D eigenvalue weighted by Crippen LogP contribution is 2.31. The first-order valence-electron chi connectivity index (χ1n) is 8.80. The molecule has 0 radical (unpaired) electrons. The number of carbonyl (C=O) groups is 2. The van der Waals surface area contributed by atoms with Gasteiger partial charge in [-0.05, 0) is 43.4 Å². The molecule has 0 fully saturated rings. The van der Waals surface area contributed by atoms with Crippen LogP contribution in [0.2, 0.25) is 0 Å². The number of fused-ring (bicyclic) bond motifs is 1. The van der Waals surface area contributed by atoms with Crippen LogP contribution in [0.3, 0.4) is 0 Å². The highest BCUT2D eigenvalue weighted by molar-refractivity contribution is 7.99. The van der Waals surface area contributed by atoms with Gasteiger partial charge in [-0.15, -0.1) is 11.8 Å². The van der Waals surface area contributed by atoms with Crippen molar-refractivity contribution < 1.29 is 9.59 Å². The van der Waals surface area contributed by atoms with Crippen molar-refractivity contribution in [2.45, 2.75) is 32.1 Å². The third kappa shape index (κ3) is 3.58. The number of rotatable bonds is 4. The van der Waals surface area contributed by atoms with E-state index in [4.69, 9.17) is 0 Å². The van der Waals surface area contributed by atoms with Gasteiger partial charge in [0.25, 0.3) is 11.8 Å². The van der Waals surface area contributed by atoms with Crippen molar-refractivity contribution in [2.24, 2.45) is 10.9 Å². The molecule has 1 aliphatic carbocycles. The molecule has 1 unspecified atom stereocenters. The Hall–Kier alpha value is -2.40. The predicted octanol–water partition coefficient (Wildman–Crippen LogP) is 4.31. The Labute approximate surface area is 158 Å². The summed E-state index contributed by atoms with van der Waals surface area (Å²) in [7, 11) is 0. The van der Waals surface area contributed by atoms with E-state index in [2.05, 4.69) is 17.2 Å². The van der Waals surface area contributed by atoms with E-state index >= 15 is 0 Å². The summed E-state index contributed by atoms with van der Waals surface area (Å²) in [6, 6.07) is 7.51. The number of aliphatic imine (C=N–C) groups is 1. The van der Waals surface area contributed by atoms with E-state index in [1.807, 2.05) is 44.2 Å². The quantitative estimate of drug-likeness (QED) is 0.808. The molecule has 5 heteroatoms. The van der Waals surface area contributed by atoms with Crippen LogP contribution in [-0.2, 0) is 4.79 Å². The molecule has 1 heterocycles. The smallest absolute Gasteiger partial charge is 0.278 e. The van der Waals surface area contributed by atoms with Crippen LogP contribution >= 0.6 is 11.8 Å². The summed E-state index contributed by atoms with van der Waals surface area (Å²) in [6.07, 6.45) is 6.36. The second kappa shape index (κ2) is 7.87. The molecule has 0 saturated heterocycles. The zero-order valence-corrected chi connectivity index (χ0v) is 16.0. The molecule has 26 heavy (non-hydrogen) atoms. The Balaban J connectivity index is 1.89. The van der Waals surface area contributed by atoms with Crippen molar-refractivity contribution in [1.82, 2.24) is 5.32 Å². The Kier molecular flexibility index (Phi) is 5.57. The number of thioether (sulfide) groups is 1. The fourth-order valence-electron chi connectivity index (χ4n) is 3.27. The fourth-order valence-corrected chi connectivity index (χ4v) is 4.07. The lowest BCUT2D eigenvalue weighted by Crippen LogP contribution is -2.36. The van der Waals surface area contributed by atoms with Gasteiger partial charge in [-0.3, -0.25) is 9.59 Å². The number of nitrogens with one attached hydrogen (secondary N) is 1. The molecule has 2 aliphatic rings. The minimum absolute atomic E-state index is 0.0552. The second-order valence-electron chi connectivity index (χ2n) is 6.18. The number of hydrogen-bond donors (Lipinski definition) is 1. The Morgan fingerprint density at radius 3 is 2.77 bits per heavy atom. The van der Waals surface area contributed by atoms with Gasteiger partial charge in [0.05, 0.1) is 11.3 Å². The van der Waals surface area contributed by atoms with Crippen molar-refractivity contribution in [3.05, 3.63) is 64.9 Å². The number of benzene rings is 1. The molecule has 2 amide bonds. The number of amides is 2. The van der Waals surface area contributed by atoms with Gasteiger partial charge < -0.3 is 5.32 Å². The largest absolute Gasteiger partial charge is 0.325 e. The van der Waals surface area contributed by atoms with Gasteiger partial charge in [-0.25, -0.2) is 4.99 Å². The van der Waals surface area contributed by atoms with Gasteiger partial charge in [-0.2, -0.15) is 0 Å². The summed E-state index contributed by atoms with van der Waals surface area (Å²) in [5.41, 5.74) is 3.85. The zero-order chi connectivity index (χ0) is 18.7.